The van der Waals surface area contributed by atoms with E-state index in [-0.39, 0.29) is 5.56 Å². The number of allylic oxidation sites excluding steroid dienone is 1. The summed E-state index contributed by atoms with van der Waals surface area (Å²) < 4.78 is 27.4. The minimum Gasteiger partial charge on any atom is -0.324 e. The topological polar surface area (TPSA) is 26.0 Å². The summed E-state index contributed by atoms with van der Waals surface area (Å²) >= 11 is 3.02. The molecule has 0 aliphatic carbocycles. The number of halogens is 3. The molecule has 0 radical (unpaired) electrons. The molecule has 88 valence electrons. The molecule has 2 N–H and O–H groups in total. The van der Waals surface area contributed by atoms with Gasteiger partial charge in [-0.25, -0.2) is 8.78 Å². The van der Waals surface area contributed by atoms with Crippen LogP contribution in [0.15, 0.2) is 28.8 Å². The van der Waals surface area contributed by atoms with E-state index in [1.807, 2.05) is 6.92 Å². The molecule has 1 aromatic rings. The number of hydrogen-bond donors (Lipinski definition) is 1. The molecule has 0 aliphatic rings. The third-order valence-electron chi connectivity index (χ3n) is 2.30. The van der Waals surface area contributed by atoms with Crippen LogP contribution < -0.4 is 5.73 Å². The first-order valence-electron chi connectivity index (χ1n) is 4.96. The van der Waals surface area contributed by atoms with Gasteiger partial charge in [-0.2, -0.15) is 0 Å². The molecular formula is C12H14BrF2N. The molecule has 1 unspecified atom stereocenters. The Balaban J connectivity index is 2.90. The van der Waals surface area contributed by atoms with Crippen molar-refractivity contribution in [1.29, 1.82) is 0 Å². The van der Waals surface area contributed by atoms with Gasteiger partial charge in [0, 0.05) is 16.1 Å². The number of nitrogens with two attached hydrogens (primary N) is 1. The van der Waals surface area contributed by atoms with Crippen molar-refractivity contribution < 1.29 is 8.78 Å². The third-order valence-corrected chi connectivity index (χ3v) is 2.75. The lowest BCUT2D eigenvalue weighted by Gasteiger charge is -2.14. The summed E-state index contributed by atoms with van der Waals surface area (Å²) in [5.41, 5.74) is 6.66. The van der Waals surface area contributed by atoms with Crippen molar-refractivity contribution in [3.63, 3.8) is 0 Å². The van der Waals surface area contributed by atoms with Gasteiger partial charge in [0.15, 0.2) is 0 Å². The lowest BCUT2D eigenvalue weighted by molar-refractivity contribution is 0.511. The van der Waals surface area contributed by atoms with E-state index >= 15 is 0 Å². The predicted molar refractivity (Wildman–Crippen MR) is 65.0 cm³/mol. The number of rotatable bonds is 4. The average molecular weight is 290 g/mol. The Bertz CT molecular complexity index is 381. The van der Waals surface area contributed by atoms with Crippen LogP contribution in [0.4, 0.5) is 8.78 Å². The predicted octanol–water partition coefficient (Wildman–Crippen LogP) is 4.08. The molecule has 0 fully saturated rings. The van der Waals surface area contributed by atoms with E-state index in [2.05, 4.69) is 22.5 Å². The van der Waals surface area contributed by atoms with E-state index in [1.54, 1.807) is 0 Å². The minimum atomic E-state index is -0.634. The molecule has 0 aromatic heterocycles. The van der Waals surface area contributed by atoms with Crippen molar-refractivity contribution >= 4 is 15.9 Å². The maximum atomic E-state index is 13.5. The number of benzene rings is 1. The first-order chi connectivity index (χ1) is 7.41. The van der Waals surface area contributed by atoms with Crippen molar-refractivity contribution in [2.45, 2.75) is 25.8 Å². The molecule has 0 spiro atoms. The average Bonchev–Trinajstić information content (AvgIpc) is 2.12. The zero-order valence-electron chi connectivity index (χ0n) is 9.06. The standard InChI is InChI=1S/C12H14BrF2N/c1-7(2)3-4-11(16)12-9(14)5-8(13)6-10(12)15/h5-6,11H,1,3-4,16H2,2H3. The summed E-state index contributed by atoms with van der Waals surface area (Å²) in [5, 5.41) is 0. The molecule has 0 amide bonds. The van der Waals surface area contributed by atoms with Gasteiger partial charge in [-0.1, -0.05) is 21.5 Å². The van der Waals surface area contributed by atoms with Crippen LogP contribution in [-0.4, -0.2) is 0 Å². The summed E-state index contributed by atoms with van der Waals surface area (Å²) in [5.74, 6) is -1.22. The molecule has 16 heavy (non-hydrogen) atoms. The Morgan fingerprint density at radius 2 is 1.94 bits per heavy atom. The quantitative estimate of drug-likeness (QED) is 0.831. The number of hydrogen-bond acceptors (Lipinski definition) is 1. The normalized spacial score (nSPS) is 12.6. The fourth-order valence-electron chi connectivity index (χ4n) is 1.45. The van der Waals surface area contributed by atoms with Crippen LogP contribution in [0.2, 0.25) is 0 Å². The Hall–Kier alpha value is -0.740. The maximum Gasteiger partial charge on any atom is 0.132 e. The van der Waals surface area contributed by atoms with Crippen LogP contribution in [0.25, 0.3) is 0 Å². The van der Waals surface area contributed by atoms with Crippen molar-refractivity contribution in [1.82, 2.24) is 0 Å². The first kappa shape index (κ1) is 13.3. The Labute approximate surface area is 102 Å². The highest BCUT2D eigenvalue weighted by Crippen LogP contribution is 2.26. The largest absolute Gasteiger partial charge is 0.324 e. The summed E-state index contributed by atoms with van der Waals surface area (Å²) in [6.07, 6.45) is 1.15. The molecule has 0 saturated carbocycles. The molecule has 0 heterocycles. The fraction of sp³-hybridized carbons (Fsp3) is 0.333. The highest BCUT2D eigenvalue weighted by Gasteiger charge is 2.17. The molecule has 0 aliphatic heterocycles. The van der Waals surface area contributed by atoms with Gasteiger partial charge in [-0.15, -0.1) is 6.58 Å². The van der Waals surface area contributed by atoms with E-state index < -0.39 is 17.7 Å². The van der Waals surface area contributed by atoms with Gasteiger partial charge < -0.3 is 5.73 Å². The molecule has 1 nitrogen and oxygen atoms in total. The van der Waals surface area contributed by atoms with Crippen LogP contribution in [0.1, 0.15) is 31.4 Å². The van der Waals surface area contributed by atoms with Gasteiger partial charge in [0.25, 0.3) is 0 Å². The van der Waals surface area contributed by atoms with Gasteiger partial charge in [0.05, 0.1) is 0 Å². The summed E-state index contributed by atoms with van der Waals surface area (Å²) in [7, 11) is 0. The Kier molecular flexibility index (Phi) is 4.62. The zero-order valence-corrected chi connectivity index (χ0v) is 10.7. The Morgan fingerprint density at radius 3 is 2.38 bits per heavy atom. The molecule has 1 aromatic carbocycles. The lowest BCUT2D eigenvalue weighted by atomic mass is 10.00. The molecule has 1 atom stereocenters. The van der Waals surface area contributed by atoms with Crippen LogP contribution in [0, 0.1) is 11.6 Å². The molecule has 0 bridgehead atoms. The van der Waals surface area contributed by atoms with Crippen LogP contribution in [-0.2, 0) is 0 Å². The highest BCUT2D eigenvalue weighted by atomic mass is 79.9. The van der Waals surface area contributed by atoms with E-state index in [9.17, 15) is 8.78 Å². The molecule has 4 heteroatoms. The summed E-state index contributed by atoms with van der Waals surface area (Å²) in [6, 6.07) is 1.81. The van der Waals surface area contributed by atoms with Crippen molar-refractivity contribution in [2.24, 2.45) is 5.73 Å². The smallest absolute Gasteiger partial charge is 0.132 e. The van der Waals surface area contributed by atoms with Crippen molar-refractivity contribution in [3.05, 3.63) is 46.0 Å². The van der Waals surface area contributed by atoms with Gasteiger partial charge in [-0.05, 0) is 31.9 Å². The van der Waals surface area contributed by atoms with E-state index in [1.165, 1.54) is 12.1 Å². The second-order valence-electron chi connectivity index (χ2n) is 3.89. The fourth-order valence-corrected chi connectivity index (χ4v) is 1.86. The van der Waals surface area contributed by atoms with Gasteiger partial charge in [-0.3, -0.25) is 0 Å². The SMILES string of the molecule is C=C(C)CCC(N)c1c(F)cc(Br)cc1F. The first-order valence-corrected chi connectivity index (χ1v) is 5.75. The second-order valence-corrected chi connectivity index (χ2v) is 4.80. The third kappa shape index (κ3) is 3.39. The summed E-state index contributed by atoms with van der Waals surface area (Å²) in [4.78, 5) is 0. The molecule has 0 saturated heterocycles. The van der Waals surface area contributed by atoms with Crippen LogP contribution in [0.3, 0.4) is 0 Å². The molecule has 1 rings (SSSR count). The maximum absolute atomic E-state index is 13.5. The van der Waals surface area contributed by atoms with Crippen LogP contribution in [0.5, 0.6) is 0 Å². The van der Waals surface area contributed by atoms with Gasteiger partial charge in [0.1, 0.15) is 11.6 Å². The minimum absolute atomic E-state index is 0.0514. The van der Waals surface area contributed by atoms with Gasteiger partial charge >= 0.3 is 0 Å². The van der Waals surface area contributed by atoms with Gasteiger partial charge in [0.2, 0.25) is 0 Å². The van der Waals surface area contributed by atoms with Crippen molar-refractivity contribution in [2.75, 3.05) is 0 Å². The lowest BCUT2D eigenvalue weighted by Crippen LogP contribution is -2.14. The monoisotopic (exact) mass is 289 g/mol. The van der Waals surface area contributed by atoms with E-state index in [0.717, 1.165) is 5.57 Å². The van der Waals surface area contributed by atoms with Crippen LogP contribution >= 0.6 is 15.9 Å². The van der Waals surface area contributed by atoms with E-state index in [0.29, 0.717) is 17.3 Å². The Morgan fingerprint density at radius 1 is 1.44 bits per heavy atom. The van der Waals surface area contributed by atoms with Crippen molar-refractivity contribution in [3.8, 4) is 0 Å². The highest BCUT2D eigenvalue weighted by molar-refractivity contribution is 9.10. The molecular weight excluding hydrogens is 276 g/mol. The van der Waals surface area contributed by atoms with E-state index in [4.69, 9.17) is 5.73 Å². The zero-order chi connectivity index (χ0) is 12.3. The summed E-state index contributed by atoms with van der Waals surface area (Å²) in [6.45, 7) is 5.59. The second kappa shape index (κ2) is 5.55.